The molecule has 5 nitrogen and oxygen atoms in total. The molecule has 3 aromatic rings. The number of nitrogens with zero attached hydrogens (tertiary/aromatic N) is 2. The molecule has 2 aromatic carbocycles. The lowest BCUT2D eigenvalue weighted by Gasteiger charge is -2.11. The van der Waals surface area contributed by atoms with Crippen LogP contribution >= 0.6 is 11.6 Å². The number of para-hydroxylation sites is 1. The van der Waals surface area contributed by atoms with Crippen molar-refractivity contribution in [1.82, 2.24) is 4.57 Å². The lowest BCUT2D eigenvalue weighted by molar-refractivity contribution is 0.0857. The normalized spacial score (nSPS) is 16.7. The Morgan fingerprint density at radius 2 is 1.92 bits per heavy atom. The summed E-state index contributed by atoms with van der Waals surface area (Å²) in [5.74, 6) is -0.0576. The third-order valence-corrected chi connectivity index (χ3v) is 4.73. The van der Waals surface area contributed by atoms with Gasteiger partial charge in [-0.15, -0.1) is 0 Å². The molecule has 0 amide bonds. The van der Waals surface area contributed by atoms with Crippen LogP contribution in [0.25, 0.3) is 10.9 Å². The Labute approximate surface area is 148 Å². The van der Waals surface area contributed by atoms with Crippen molar-refractivity contribution < 1.29 is 9.94 Å². The van der Waals surface area contributed by atoms with E-state index >= 15 is 0 Å². The SMILES string of the molecule is Cn1c(=O)c(C2=NO[C@@H](c3ccc(Cl)cc3)C2)c(O)c2ccccc21. The first kappa shape index (κ1) is 15.7. The Morgan fingerprint density at radius 1 is 1.20 bits per heavy atom. The van der Waals surface area contributed by atoms with Crippen LogP contribution in [0.3, 0.4) is 0 Å². The van der Waals surface area contributed by atoms with E-state index in [9.17, 15) is 9.90 Å². The van der Waals surface area contributed by atoms with Gasteiger partial charge in [0.05, 0.1) is 5.52 Å². The topological polar surface area (TPSA) is 63.8 Å². The number of aryl methyl sites for hydroxylation is 1. The van der Waals surface area contributed by atoms with Gasteiger partial charge >= 0.3 is 0 Å². The zero-order valence-corrected chi connectivity index (χ0v) is 14.2. The van der Waals surface area contributed by atoms with E-state index in [1.165, 1.54) is 4.57 Å². The molecule has 0 saturated carbocycles. The third kappa shape index (κ3) is 2.57. The van der Waals surface area contributed by atoms with Crippen molar-refractivity contribution in [3.05, 3.63) is 75.0 Å². The summed E-state index contributed by atoms with van der Waals surface area (Å²) < 4.78 is 1.52. The second-order valence-electron chi connectivity index (χ2n) is 5.99. The molecule has 0 aliphatic carbocycles. The molecule has 1 atom stereocenters. The van der Waals surface area contributed by atoms with Crippen LogP contribution in [0.15, 0.2) is 58.5 Å². The summed E-state index contributed by atoms with van der Waals surface area (Å²) in [5.41, 5.74) is 1.93. The molecule has 0 bridgehead atoms. The van der Waals surface area contributed by atoms with E-state index in [0.29, 0.717) is 28.1 Å². The summed E-state index contributed by atoms with van der Waals surface area (Å²) >= 11 is 5.91. The minimum atomic E-state index is -0.303. The molecule has 25 heavy (non-hydrogen) atoms. The number of pyridine rings is 1. The van der Waals surface area contributed by atoms with Crippen LogP contribution in [-0.4, -0.2) is 15.4 Å². The molecular weight excluding hydrogens is 340 g/mol. The van der Waals surface area contributed by atoms with Gasteiger partial charge in [-0.3, -0.25) is 4.79 Å². The standard InChI is InChI=1S/C19H15ClN2O3/c1-22-15-5-3-2-4-13(15)18(23)17(19(22)24)14-10-16(25-21-14)11-6-8-12(20)9-7-11/h2-9,16,23H,10H2,1H3/t16-/m1/s1. The van der Waals surface area contributed by atoms with Gasteiger partial charge in [0.1, 0.15) is 17.0 Å². The van der Waals surface area contributed by atoms with Crippen molar-refractivity contribution in [2.75, 3.05) is 0 Å². The summed E-state index contributed by atoms with van der Waals surface area (Å²) in [4.78, 5) is 18.2. The van der Waals surface area contributed by atoms with Gasteiger partial charge in [-0.1, -0.05) is 41.0 Å². The predicted octanol–water partition coefficient (Wildman–Crippen LogP) is 3.76. The van der Waals surface area contributed by atoms with E-state index in [1.54, 1.807) is 31.3 Å². The molecule has 2 heterocycles. The molecule has 6 heteroatoms. The quantitative estimate of drug-likeness (QED) is 0.762. The molecule has 0 fully saturated rings. The Morgan fingerprint density at radius 3 is 2.68 bits per heavy atom. The second-order valence-corrected chi connectivity index (χ2v) is 6.43. The Kier molecular flexibility index (Phi) is 3.73. The van der Waals surface area contributed by atoms with Crippen molar-refractivity contribution in [3.63, 3.8) is 0 Å². The van der Waals surface area contributed by atoms with Crippen LogP contribution in [0.4, 0.5) is 0 Å². The van der Waals surface area contributed by atoms with Gasteiger partial charge in [-0.05, 0) is 29.8 Å². The summed E-state index contributed by atoms with van der Waals surface area (Å²) in [6.45, 7) is 0. The van der Waals surface area contributed by atoms with Crippen molar-refractivity contribution in [2.45, 2.75) is 12.5 Å². The minimum absolute atomic E-state index is 0.0576. The van der Waals surface area contributed by atoms with Gasteiger partial charge in [-0.25, -0.2) is 0 Å². The third-order valence-electron chi connectivity index (χ3n) is 4.48. The maximum atomic E-state index is 12.7. The summed E-state index contributed by atoms with van der Waals surface area (Å²) in [7, 11) is 1.68. The lowest BCUT2D eigenvalue weighted by atomic mass is 9.99. The van der Waals surface area contributed by atoms with Crippen LogP contribution in [-0.2, 0) is 11.9 Å². The zero-order chi connectivity index (χ0) is 17.6. The van der Waals surface area contributed by atoms with E-state index in [2.05, 4.69) is 5.16 Å². The molecular formula is C19H15ClN2O3. The predicted molar refractivity (Wildman–Crippen MR) is 97.3 cm³/mol. The Bertz CT molecular complexity index is 1050. The van der Waals surface area contributed by atoms with Gasteiger partial charge in [0.25, 0.3) is 5.56 Å². The summed E-state index contributed by atoms with van der Waals surface area (Å²) in [5, 5.41) is 16.0. The highest BCUT2D eigenvalue weighted by atomic mass is 35.5. The van der Waals surface area contributed by atoms with E-state index in [4.69, 9.17) is 16.4 Å². The average molecular weight is 355 g/mol. The van der Waals surface area contributed by atoms with Crippen molar-refractivity contribution >= 4 is 28.2 Å². The smallest absolute Gasteiger partial charge is 0.263 e. The highest BCUT2D eigenvalue weighted by Gasteiger charge is 2.29. The summed E-state index contributed by atoms with van der Waals surface area (Å²) in [6.07, 6.45) is 0.103. The largest absolute Gasteiger partial charge is 0.506 e. The number of aromatic hydroxyl groups is 1. The van der Waals surface area contributed by atoms with E-state index in [0.717, 1.165) is 5.56 Å². The van der Waals surface area contributed by atoms with Crippen LogP contribution in [0.5, 0.6) is 5.75 Å². The number of rotatable bonds is 2. The number of hydrogen-bond acceptors (Lipinski definition) is 4. The lowest BCUT2D eigenvalue weighted by Crippen LogP contribution is -2.24. The molecule has 1 aliphatic rings. The number of hydrogen-bond donors (Lipinski definition) is 1. The van der Waals surface area contributed by atoms with E-state index < -0.39 is 0 Å². The molecule has 1 N–H and O–H groups in total. The fraction of sp³-hybridized carbons (Fsp3) is 0.158. The van der Waals surface area contributed by atoms with Crippen LogP contribution in [0, 0.1) is 0 Å². The molecule has 1 aliphatic heterocycles. The maximum Gasteiger partial charge on any atom is 0.263 e. The first-order valence-corrected chi connectivity index (χ1v) is 8.23. The maximum absolute atomic E-state index is 12.7. The number of fused-ring (bicyclic) bond motifs is 1. The minimum Gasteiger partial charge on any atom is -0.506 e. The van der Waals surface area contributed by atoms with E-state index in [1.807, 2.05) is 24.3 Å². The van der Waals surface area contributed by atoms with Gasteiger partial charge in [-0.2, -0.15) is 0 Å². The first-order chi connectivity index (χ1) is 12.1. The van der Waals surface area contributed by atoms with Crippen molar-refractivity contribution in [1.29, 1.82) is 0 Å². The fourth-order valence-corrected chi connectivity index (χ4v) is 3.25. The molecule has 4 rings (SSSR count). The van der Waals surface area contributed by atoms with Gasteiger partial charge in [0, 0.05) is 23.9 Å². The number of halogens is 1. The Hall–Kier alpha value is -2.79. The van der Waals surface area contributed by atoms with Crippen molar-refractivity contribution in [3.8, 4) is 5.75 Å². The van der Waals surface area contributed by atoms with Gasteiger partial charge in [0.15, 0.2) is 6.10 Å². The molecule has 0 radical (unpaired) electrons. The molecule has 0 unspecified atom stereocenters. The van der Waals surface area contributed by atoms with Gasteiger partial charge in [0.2, 0.25) is 0 Å². The molecule has 1 aromatic heterocycles. The number of aromatic nitrogens is 1. The van der Waals surface area contributed by atoms with E-state index in [-0.39, 0.29) is 23.0 Å². The molecule has 0 saturated heterocycles. The van der Waals surface area contributed by atoms with Crippen LogP contribution in [0.1, 0.15) is 23.7 Å². The highest BCUT2D eigenvalue weighted by Crippen LogP contribution is 2.33. The fourth-order valence-electron chi connectivity index (χ4n) is 3.12. The van der Waals surface area contributed by atoms with Crippen LogP contribution < -0.4 is 5.56 Å². The highest BCUT2D eigenvalue weighted by molar-refractivity contribution is 6.30. The van der Waals surface area contributed by atoms with Gasteiger partial charge < -0.3 is 14.5 Å². The Balaban J connectivity index is 1.76. The first-order valence-electron chi connectivity index (χ1n) is 7.85. The average Bonchev–Trinajstić information content (AvgIpc) is 3.10. The number of benzene rings is 2. The second kappa shape index (κ2) is 5.93. The number of oxime groups is 1. The summed E-state index contributed by atoms with van der Waals surface area (Å²) in [6, 6.07) is 14.5. The molecule has 126 valence electrons. The van der Waals surface area contributed by atoms with Crippen LogP contribution in [0.2, 0.25) is 5.02 Å². The molecule has 0 spiro atoms. The van der Waals surface area contributed by atoms with Crippen molar-refractivity contribution in [2.24, 2.45) is 12.2 Å². The monoisotopic (exact) mass is 354 g/mol. The zero-order valence-electron chi connectivity index (χ0n) is 13.4.